The largest absolute Gasteiger partial charge is 0.345 e. The first-order valence-electron chi connectivity index (χ1n) is 9.25. The maximum atomic E-state index is 12.6. The lowest BCUT2D eigenvalue weighted by atomic mass is 9.95. The van der Waals surface area contributed by atoms with Gasteiger partial charge in [0.05, 0.1) is 6.04 Å². The lowest BCUT2D eigenvalue weighted by Crippen LogP contribution is -2.30. The van der Waals surface area contributed by atoms with E-state index in [-0.39, 0.29) is 11.9 Å². The van der Waals surface area contributed by atoms with Crippen LogP contribution in [0.5, 0.6) is 0 Å². The van der Waals surface area contributed by atoms with Gasteiger partial charge < -0.3 is 5.32 Å². The monoisotopic (exact) mass is 375 g/mol. The molecular weight excluding hydrogens is 350 g/mol. The van der Waals surface area contributed by atoms with Crippen molar-refractivity contribution in [1.82, 2.24) is 5.32 Å². The molecule has 0 radical (unpaired) electrons. The molecule has 0 heterocycles. The highest BCUT2D eigenvalue weighted by atomic mass is 32.2. The highest BCUT2D eigenvalue weighted by Crippen LogP contribution is 2.25. The predicted octanol–water partition coefficient (Wildman–Crippen LogP) is 5.52. The molecule has 138 valence electrons. The molecule has 0 saturated carbocycles. The average Bonchev–Trinajstić information content (AvgIpc) is 2.71. The molecule has 3 aromatic rings. The van der Waals surface area contributed by atoms with Gasteiger partial charge in [0.1, 0.15) is 0 Å². The summed E-state index contributed by atoms with van der Waals surface area (Å²) in [6, 6.07) is 28.7. The van der Waals surface area contributed by atoms with E-state index in [1.165, 1.54) is 11.1 Å². The summed E-state index contributed by atoms with van der Waals surface area (Å²) in [5.41, 5.74) is 4.74. The number of amides is 1. The van der Waals surface area contributed by atoms with Crippen molar-refractivity contribution >= 4 is 17.7 Å². The zero-order valence-electron chi connectivity index (χ0n) is 15.6. The molecule has 3 heteroatoms. The summed E-state index contributed by atoms with van der Waals surface area (Å²) < 4.78 is 0. The van der Waals surface area contributed by atoms with Gasteiger partial charge in [0.25, 0.3) is 0 Å². The fraction of sp³-hybridized carbons (Fsp3) is 0.208. The summed E-state index contributed by atoms with van der Waals surface area (Å²) in [4.78, 5) is 12.6. The summed E-state index contributed by atoms with van der Waals surface area (Å²) in [6.07, 6.45) is 0.521. The van der Waals surface area contributed by atoms with Crippen molar-refractivity contribution in [2.75, 3.05) is 5.75 Å². The lowest BCUT2D eigenvalue weighted by Gasteiger charge is -2.21. The van der Waals surface area contributed by atoms with Gasteiger partial charge in [-0.15, -0.1) is 0 Å². The Labute approximate surface area is 166 Å². The normalized spacial score (nSPS) is 11.7. The van der Waals surface area contributed by atoms with Crippen LogP contribution in [0.2, 0.25) is 0 Å². The number of hydrogen-bond acceptors (Lipinski definition) is 2. The Morgan fingerprint density at radius 3 is 2.22 bits per heavy atom. The molecule has 0 aliphatic carbocycles. The Morgan fingerprint density at radius 2 is 1.52 bits per heavy atom. The maximum Gasteiger partial charge on any atom is 0.221 e. The van der Waals surface area contributed by atoms with E-state index >= 15 is 0 Å². The fourth-order valence-corrected chi connectivity index (χ4v) is 3.96. The number of nitrogens with one attached hydrogen (secondary N) is 1. The molecule has 0 saturated heterocycles. The Bertz CT molecular complexity index is 849. The van der Waals surface area contributed by atoms with Gasteiger partial charge >= 0.3 is 0 Å². The number of aryl methyl sites for hydroxylation is 1. The number of carbonyl (C=O) groups excluding carboxylic acids is 1. The highest BCUT2D eigenvalue weighted by Gasteiger charge is 2.18. The van der Waals surface area contributed by atoms with Crippen LogP contribution in [0.25, 0.3) is 0 Å². The van der Waals surface area contributed by atoms with Crippen LogP contribution < -0.4 is 5.32 Å². The number of rotatable bonds is 8. The van der Waals surface area contributed by atoms with E-state index in [9.17, 15) is 4.79 Å². The van der Waals surface area contributed by atoms with Crippen LogP contribution in [0.4, 0.5) is 0 Å². The zero-order chi connectivity index (χ0) is 18.9. The molecule has 0 aromatic heterocycles. The standard InChI is InChI=1S/C24H25NOS/c1-19-10-8-9-15-22(19)24(21-13-6-3-7-14-21)25-23(26)16-17-27-18-20-11-4-2-5-12-20/h2-15,24H,16-18H2,1H3,(H,25,26)/t24-/m1/s1. The Kier molecular flexibility index (Phi) is 7.11. The summed E-state index contributed by atoms with van der Waals surface area (Å²) in [5, 5.41) is 3.24. The zero-order valence-corrected chi connectivity index (χ0v) is 16.4. The molecular formula is C24H25NOS. The summed E-state index contributed by atoms with van der Waals surface area (Å²) in [5.74, 6) is 1.84. The molecule has 0 unspecified atom stereocenters. The van der Waals surface area contributed by atoms with E-state index in [2.05, 4.69) is 60.8 Å². The first-order chi connectivity index (χ1) is 13.2. The summed E-state index contributed by atoms with van der Waals surface area (Å²) in [6.45, 7) is 2.09. The Balaban J connectivity index is 1.60. The topological polar surface area (TPSA) is 29.1 Å². The van der Waals surface area contributed by atoms with E-state index < -0.39 is 0 Å². The molecule has 2 nitrogen and oxygen atoms in total. The van der Waals surface area contributed by atoms with Crippen molar-refractivity contribution in [3.05, 3.63) is 107 Å². The van der Waals surface area contributed by atoms with Gasteiger partial charge in [-0.2, -0.15) is 11.8 Å². The third-order valence-corrected chi connectivity index (χ3v) is 5.55. The van der Waals surface area contributed by atoms with Crippen LogP contribution in [0.1, 0.15) is 34.7 Å². The van der Waals surface area contributed by atoms with Crippen molar-refractivity contribution in [3.63, 3.8) is 0 Å². The molecule has 3 aromatic carbocycles. The minimum Gasteiger partial charge on any atom is -0.345 e. The smallest absolute Gasteiger partial charge is 0.221 e. The number of benzene rings is 3. The van der Waals surface area contributed by atoms with E-state index in [0.717, 1.165) is 22.6 Å². The average molecular weight is 376 g/mol. The molecule has 0 bridgehead atoms. The van der Waals surface area contributed by atoms with Crippen LogP contribution in [0.3, 0.4) is 0 Å². The van der Waals surface area contributed by atoms with E-state index in [0.29, 0.717) is 6.42 Å². The molecule has 1 amide bonds. The van der Waals surface area contributed by atoms with Gasteiger partial charge in [-0.3, -0.25) is 4.79 Å². The van der Waals surface area contributed by atoms with Gasteiger partial charge in [0.15, 0.2) is 0 Å². The molecule has 3 rings (SSSR count). The molecule has 0 aliphatic rings. The quantitative estimate of drug-likeness (QED) is 0.525. The third kappa shape index (κ3) is 5.73. The summed E-state index contributed by atoms with van der Waals surface area (Å²) in [7, 11) is 0. The first-order valence-corrected chi connectivity index (χ1v) is 10.4. The second-order valence-corrected chi connectivity index (χ2v) is 7.66. The van der Waals surface area contributed by atoms with Crippen molar-refractivity contribution in [2.24, 2.45) is 0 Å². The SMILES string of the molecule is Cc1ccccc1[C@H](NC(=O)CCSCc1ccccc1)c1ccccc1. The fourth-order valence-electron chi connectivity index (χ4n) is 3.06. The van der Waals surface area contributed by atoms with Crippen molar-refractivity contribution in [2.45, 2.75) is 25.1 Å². The van der Waals surface area contributed by atoms with Gasteiger partial charge in [-0.05, 0) is 29.2 Å². The number of carbonyl (C=O) groups is 1. The van der Waals surface area contributed by atoms with Crippen molar-refractivity contribution < 1.29 is 4.79 Å². The minimum atomic E-state index is -0.112. The van der Waals surface area contributed by atoms with Gasteiger partial charge in [-0.1, -0.05) is 84.9 Å². The Hall–Kier alpha value is -2.52. The molecule has 27 heavy (non-hydrogen) atoms. The molecule has 0 aliphatic heterocycles. The van der Waals surface area contributed by atoms with Gasteiger partial charge in [0.2, 0.25) is 5.91 Å². The second-order valence-electron chi connectivity index (χ2n) is 6.56. The Morgan fingerprint density at radius 1 is 0.889 bits per heavy atom. The lowest BCUT2D eigenvalue weighted by molar-refractivity contribution is -0.121. The minimum absolute atomic E-state index is 0.0904. The highest BCUT2D eigenvalue weighted by molar-refractivity contribution is 7.98. The summed E-state index contributed by atoms with van der Waals surface area (Å²) >= 11 is 1.80. The van der Waals surface area contributed by atoms with Crippen LogP contribution in [-0.4, -0.2) is 11.7 Å². The van der Waals surface area contributed by atoms with E-state index in [1.54, 1.807) is 11.8 Å². The first kappa shape index (κ1) is 19.2. The van der Waals surface area contributed by atoms with Crippen molar-refractivity contribution in [1.29, 1.82) is 0 Å². The molecule has 1 N–H and O–H groups in total. The maximum absolute atomic E-state index is 12.6. The number of thioether (sulfide) groups is 1. The number of hydrogen-bond donors (Lipinski definition) is 1. The third-order valence-electron chi connectivity index (χ3n) is 4.52. The van der Waals surface area contributed by atoms with Gasteiger partial charge in [0, 0.05) is 17.9 Å². The van der Waals surface area contributed by atoms with E-state index in [4.69, 9.17) is 0 Å². The van der Waals surface area contributed by atoms with E-state index in [1.807, 2.05) is 36.4 Å². The molecule has 1 atom stereocenters. The van der Waals surface area contributed by atoms with Crippen LogP contribution in [0, 0.1) is 6.92 Å². The van der Waals surface area contributed by atoms with Crippen LogP contribution in [-0.2, 0) is 10.5 Å². The van der Waals surface area contributed by atoms with Crippen LogP contribution >= 0.6 is 11.8 Å². The predicted molar refractivity (Wildman–Crippen MR) is 115 cm³/mol. The molecule has 0 spiro atoms. The van der Waals surface area contributed by atoms with Crippen molar-refractivity contribution in [3.8, 4) is 0 Å². The second kappa shape index (κ2) is 9.98. The molecule has 0 fully saturated rings. The van der Waals surface area contributed by atoms with Crippen LogP contribution in [0.15, 0.2) is 84.9 Å². The van der Waals surface area contributed by atoms with Gasteiger partial charge in [-0.25, -0.2) is 0 Å².